The summed E-state index contributed by atoms with van der Waals surface area (Å²) in [6, 6.07) is 8.95. The summed E-state index contributed by atoms with van der Waals surface area (Å²) in [7, 11) is 0. The van der Waals surface area contributed by atoms with E-state index in [2.05, 4.69) is 53.2 Å². The molecule has 0 atom stereocenters. The fourth-order valence-electron chi connectivity index (χ4n) is 3.08. The van der Waals surface area contributed by atoms with E-state index in [1.165, 1.54) is 50.3 Å². The molecule has 0 aliphatic carbocycles. The average Bonchev–Trinajstić information content (AvgIpc) is 2.51. The molecule has 1 N–H and O–H groups in total. The van der Waals surface area contributed by atoms with Gasteiger partial charge in [-0.05, 0) is 43.6 Å². The summed E-state index contributed by atoms with van der Waals surface area (Å²) in [4.78, 5) is 5.20. The van der Waals surface area contributed by atoms with Crippen molar-refractivity contribution in [2.75, 3.05) is 45.8 Å². The molecule has 0 spiro atoms. The minimum Gasteiger partial charge on any atom is -0.317 e. The second-order valence-corrected chi connectivity index (χ2v) is 5.99. The van der Waals surface area contributed by atoms with Gasteiger partial charge in [-0.2, -0.15) is 0 Å². The highest BCUT2D eigenvalue weighted by molar-refractivity contribution is 5.27. The monoisotopic (exact) mass is 289 g/mol. The first-order valence-electron chi connectivity index (χ1n) is 8.55. The molecule has 0 bridgehead atoms. The van der Waals surface area contributed by atoms with Crippen molar-refractivity contribution in [1.82, 2.24) is 15.1 Å². The number of nitrogens with one attached hydrogen (secondary N) is 1. The molecule has 3 nitrogen and oxygen atoms in total. The van der Waals surface area contributed by atoms with Crippen molar-refractivity contribution in [2.24, 2.45) is 0 Å². The Morgan fingerprint density at radius 2 is 1.62 bits per heavy atom. The Bertz CT molecular complexity index is 397. The van der Waals surface area contributed by atoms with Crippen molar-refractivity contribution < 1.29 is 0 Å². The molecule has 0 unspecified atom stereocenters. The Labute approximate surface area is 130 Å². The molecule has 1 fully saturated rings. The van der Waals surface area contributed by atoms with Crippen molar-refractivity contribution in [3.63, 3.8) is 0 Å². The quantitative estimate of drug-likeness (QED) is 0.741. The lowest BCUT2D eigenvalue weighted by Gasteiger charge is -2.34. The Morgan fingerprint density at radius 3 is 2.29 bits per heavy atom. The highest BCUT2D eigenvalue weighted by Gasteiger charge is 2.16. The topological polar surface area (TPSA) is 18.5 Å². The van der Waals surface area contributed by atoms with Crippen molar-refractivity contribution in [1.29, 1.82) is 0 Å². The Morgan fingerprint density at radius 1 is 0.952 bits per heavy atom. The normalized spacial score (nSPS) is 17.2. The molecule has 21 heavy (non-hydrogen) atoms. The molecule has 1 aromatic carbocycles. The Balaban J connectivity index is 1.85. The molecule has 0 radical (unpaired) electrons. The molecular formula is C18H31N3. The molecule has 1 aromatic rings. The molecule has 2 rings (SSSR count). The zero-order chi connectivity index (χ0) is 14.9. The van der Waals surface area contributed by atoms with Gasteiger partial charge in [-0.15, -0.1) is 0 Å². The van der Waals surface area contributed by atoms with Crippen LogP contribution in [-0.2, 0) is 13.0 Å². The third-order valence-electron chi connectivity index (χ3n) is 4.34. The lowest BCUT2D eigenvalue weighted by Crippen LogP contribution is -2.46. The van der Waals surface area contributed by atoms with E-state index in [0.29, 0.717) is 0 Å². The molecule has 1 saturated heterocycles. The van der Waals surface area contributed by atoms with Crippen LogP contribution in [0.25, 0.3) is 0 Å². The van der Waals surface area contributed by atoms with Gasteiger partial charge >= 0.3 is 0 Å². The zero-order valence-corrected chi connectivity index (χ0v) is 13.8. The minimum atomic E-state index is 1.06. The summed E-state index contributed by atoms with van der Waals surface area (Å²) < 4.78 is 0. The van der Waals surface area contributed by atoms with Crippen LogP contribution in [0.4, 0.5) is 0 Å². The van der Waals surface area contributed by atoms with Gasteiger partial charge in [0.15, 0.2) is 0 Å². The van der Waals surface area contributed by atoms with Crippen LogP contribution >= 0.6 is 0 Å². The van der Waals surface area contributed by atoms with Gasteiger partial charge in [-0.3, -0.25) is 4.90 Å². The van der Waals surface area contributed by atoms with Crippen LogP contribution in [0.5, 0.6) is 0 Å². The smallest absolute Gasteiger partial charge is 0.0237 e. The number of hydrogen-bond acceptors (Lipinski definition) is 3. The van der Waals surface area contributed by atoms with Crippen LogP contribution in [0.2, 0.25) is 0 Å². The fraction of sp³-hybridized carbons (Fsp3) is 0.667. The number of likely N-dealkylation sites (N-methyl/N-ethyl adjacent to an activating group) is 1. The van der Waals surface area contributed by atoms with Gasteiger partial charge in [0.1, 0.15) is 0 Å². The molecular weight excluding hydrogens is 258 g/mol. The van der Waals surface area contributed by atoms with Crippen LogP contribution < -0.4 is 5.32 Å². The predicted octanol–water partition coefficient (Wildman–Crippen LogP) is 2.37. The first-order chi connectivity index (χ1) is 10.3. The maximum Gasteiger partial charge on any atom is 0.0237 e. The van der Waals surface area contributed by atoms with Crippen molar-refractivity contribution in [3.8, 4) is 0 Å². The number of hydrogen-bond donors (Lipinski definition) is 1. The van der Waals surface area contributed by atoms with E-state index >= 15 is 0 Å². The maximum absolute atomic E-state index is 3.43. The second-order valence-electron chi connectivity index (χ2n) is 5.99. The van der Waals surface area contributed by atoms with E-state index in [1.54, 1.807) is 0 Å². The summed E-state index contributed by atoms with van der Waals surface area (Å²) in [5.74, 6) is 0. The van der Waals surface area contributed by atoms with Crippen LogP contribution in [0, 0.1) is 0 Å². The standard InChI is InChI=1S/C18H31N3/c1-3-11-20-12-14-21(15-13-20)16-18-8-6-5-7-17(18)9-10-19-4-2/h5-8,19H,3-4,9-16H2,1-2H3. The Kier molecular flexibility index (Phi) is 7.20. The van der Waals surface area contributed by atoms with E-state index < -0.39 is 0 Å². The Hall–Kier alpha value is -0.900. The number of nitrogens with zero attached hydrogens (tertiary/aromatic N) is 2. The predicted molar refractivity (Wildman–Crippen MR) is 90.7 cm³/mol. The van der Waals surface area contributed by atoms with Gasteiger partial charge in [0, 0.05) is 32.7 Å². The van der Waals surface area contributed by atoms with Gasteiger partial charge in [-0.25, -0.2) is 0 Å². The molecule has 0 aromatic heterocycles. The number of benzene rings is 1. The van der Waals surface area contributed by atoms with E-state index in [4.69, 9.17) is 0 Å². The van der Waals surface area contributed by atoms with Gasteiger partial charge in [0.05, 0.1) is 0 Å². The number of rotatable bonds is 8. The van der Waals surface area contributed by atoms with Gasteiger partial charge in [0.25, 0.3) is 0 Å². The fourth-order valence-corrected chi connectivity index (χ4v) is 3.08. The third kappa shape index (κ3) is 5.42. The minimum absolute atomic E-state index is 1.06. The lowest BCUT2D eigenvalue weighted by atomic mass is 10.0. The second kappa shape index (κ2) is 9.19. The molecule has 0 saturated carbocycles. The molecule has 1 heterocycles. The lowest BCUT2D eigenvalue weighted by molar-refractivity contribution is 0.127. The van der Waals surface area contributed by atoms with Gasteiger partial charge in [0.2, 0.25) is 0 Å². The average molecular weight is 289 g/mol. The van der Waals surface area contributed by atoms with Gasteiger partial charge in [-0.1, -0.05) is 38.1 Å². The first-order valence-corrected chi connectivity index (χ1v) is 8.55. The highest BCUT2D eigenvalue weighted by Crippen LogP contribution is 2.14. The SMILES string of the molecule is CCCN1CCN(Cc2ccccc2CCNCC)CC1. The summed E-state index contributed by atoms with van der Waals surface area (Å²) in [5, 5.41) is 3.43. The maximum atomic E-state index is 3.43. The van der Waals surface area contributed by atoms with Crippen molar-refractivity contribution >= 4 is 0 Å². The molecule has 118 valence electrons. The molecule has 1 aliphatic heterocycles. The van der Waals surface area contributed by atoms with E-state index in [-0.39, 0.29) is 0 Å². The van der Waals surface area contributed by atoms with Crippen LogP contribution in [0.15, 0.2) is 24.3 Å². The summed E-state index contributed by atoms with van der Waals surface area (Å²) in [5.41, 5.74) is 3.02. The third-order valence-corrected chi connectivity index (χ3v) is 4.34. The number of piperazine rings is 1. The van der Waals surface area contributed by atoms with Crippen LogP contribution in [-0.4, -0.2) is 55.6 Å². The van der Waals surface area contributed by atoms with Crippen LogP contribution in [0.1, 0.15) is 31.4 Å². The van der Waals surface area contributed by atoms with Gasteiger partial charge < -0.3 is 10.2 Å². The highest BCUT2D eigenvalue weighted by atomic mass is 15.3. The molecule has 3 heteroatoms. The molecule has 0 amide bonds. The van der Waals surface area contributed by atoms with Crippen molar-refractivity contribution in [2.45, 2.75) is 33.2 Å². The summed E-state index contributed by atoms with van der Waals surface area (Å²) in [6.07, 6.45) is 2.41. The van der Waals surface area contributed by atoms with E-state index in [1.807, 2.05) is 0 Å². The first kappa shape index (κ1) is 16.5. The van der Waals surface area contributed by atoms with Crippen LogP contribution in [0.3, 0.4) is 0 Å². The molecule has 1 aliphatic rings. The van der Waals surface area contributed by atoms with Crippen molar-refractivity contribution in [3.05, 3.63) is 35.4 Å². The largest absolute Gasteiger partial charge is 0.317 e. The van der Waals surface area contributed by atoms with E-state index in [9.17, 15) is 0 Å². The summed E-state index contributed by atoms with van der Waals surface area (Å²) >= 11 is 0. The van der Waals surface area contributed by atoms with E-state index in [0.717, 1.165) is 26.1 Å². The zero-order valence-electron chi connectivity index (χ0n) is 13.8. The summed E-state index contributed by atoms with van der Waals surface area (Å²) in [6.45, 7) is 13.8.